The minimum absolute atomic E-state index is 0.326. The van der Waals surface area contributed by atoms with E-state index in [1.54, 1.807) is 48.9 Å². The van der Waals surface area contributed by atoms with E-state index in [0.29, 0.717) is 17.9 Å². The molecule has 3 aromatic rings. The molecule has 0 atom stereocenters. The largest absolute Gasteiger partial charge is 0.264 e. The Bertz CT molecular complexity index is 967. The number of hydrogen-bond acceptors (Lipinski definition) is 5. The molecule has 0 amide bonds. The van der Waals surface area contributed by atoms with Crippen molar-refractivity contribution >= 4 is 21.4 Å². The van der Waals surface area contributed by atoms with Gasteiger partial charge >= 0.3 is 0 Å². The number of aromatic nitrogens is 2. The van der Waals surface area contributed by atoms with Crippen LogP contribution in [0.4, 0.5) is 0 Å². The second kappa shape index (κ2) is 7.43. The molecule has 0 spiro atoms. The average molecular weight is 374 g/mol. The number of benzene rings is 1. The second-order valence-electron chi connectivity index (χ2n) is 5.68. The summed E-state index contributed by atoms with van der Waals surface area (Å²) in [4.78, 5) is 10.1. The van der Waals surface area contributed by atoms with Crippen molar-refractivity contribution in [3.8, 4) is 10.6 Å². The first-order chi connectivity index (χ1) is 12.0. The van der Waals surface area contributed by atoms with Crippen molar-refractivity contribution in [2.45, 2.75) is 25.2 Å². The highest BCUT2D eigenvalue weighted by Gasteiger charge is 2.16. The van der Waals surface area contributed by atoms with E-state index in [0.717, 1.165) is 26.7 Å². The zero-order chi connectivity index (χ0) is 17.9. The first-order valence-corrected chi connectivity index (χ1v) is 10.2. The Hall–Kier alpha value is -2.09. The van der Waals surface area contributed by atoms with Crippen molar-refractivity contribution in [1.82, 2.24) is 14.7 Å². The predicted molar refractivity (Wildman–Crippen MR) is 100 cm³/mol. The maximum Gasteiger partial charge on any atom is 0.240 e. The number of nitrogens with zero attached hydrogens (tertiary/aromatic N) is 2. The minimum Gasteiger partial charge on any atom is -0.264 e. The van der Waals surface area contributed by atoms with Crippen LogP contribution in [0.3, 0.4) is 0 Å². The highest BCUT2D eigenvalue weighted by atomic mass is 32.2. The molecule has 1 aromatic carbocycles. The summed E-state index contributed by atoms with van der Waals surface area (Å²) in [7, 11) is -3.50. The van der Waals surface area contributed by atoms with Gasteiger partial charge in [-0.2, -0.15) is 0 Å². The van der Waals surface area contributed by atoms with Crippen LogP contribution in [0.25, 0.3) is 10.6 Å². The third-order valence-electron chi connectivity index (χ3n) is 3.83. The van der Waals surface area contributed by atoms with Crippen LogP contribution in [0, 0.1) is 13.8 Å². The van der Waals surface area contributed by atoms with Crippen molar-refractivity contribution in [1.29, 1.82) is 0 Å². The number of nitrogens with one attached hydrogen (secondary N) is 1. The summed E-state index contributed by atoms with van der Waals surface area (Å²) in [5, 5.41) is 0.905. The SMILES string of the molecule is Cc1ccccc1S(=O)(=O)NCCc1sc(-c2cccnc2)nc1C. The molecule has 2 aromatic heterocycles. The van der Waals surface area contributed by atoms with Crippen LogP contribution >= 0.6 is 11.3 Å². The summed E-state index contributed by atoms with van der Waals surface area (Å²) in [6.45, 7) is 4.08. The van der Waals surface area contributed by atoms with Crippen molar-refractivity contribution in [3.05, 3.63) is 64.9 Å². The van der Waals surface area contributed by atoms with E-state index < -0.39 is 10.0 Å². The Morgan fingerprint density at radius 2 is 1.92 bits per heavy atom. The highest BCUT2D eigenvalue weighted by molar-refractivity contribution is 7.89. The minimum atomic E-state index is -3.50. The molecule has 0 saturated carbocycles. The molecule has 25 heavy (non-hydrogen) atoms. The van der Waals surface area contributed by atoms with Crippen molar-refractivity contribution in [2.75, 3.05) is 6.54 Å². The van der Waals surface area contributed by atoms with Crippen LogP contribution in [-0.4, -0.2) is 24.9 Å². The van der Waals surface area contributed by atoms with Gasteiger partial charge in [-0.25, -0.2) is 18.1 Å². The number of aryl methyl sites for hydroxylation is 2. The van der Waals surface area contributed by atoms with Gasteiger partial charge in [0.25, 0.3) is 0 Å². The van der Waals surface area contributed by atoms with Crippen LogP contribution in [0.2, 0.25) is 0 Å². The lowest BCUT2D eigenvalue weighted by molar-refractivity contribution is 0.581. The highest BCUT2D eigenvalue weighted by Crippen LogP contribution is 2.27. The molecule has 7 heteroatoms. The summed E-state index contributed by atoms with van der Waals surface area (Å²) >= 11 is 1.58. The third kappa shape index (κ3) is 4.12. The number of sulfonamides is 1. The standard InChI is InChI=1S/C18H19N3O2S2/c1-13-6-3-4-8-17(13)25(22,23)20-11-9-16-14(2)21-18(24-16)15-7-5-10-19-12-15/h3-8,10,12,20H,9,11H2,1-2H3. The van der Waals surface area contributed by atoms with Crippen LogP contribution in [0.1, 0.15) is 16.1 Å². The number of rotatable bonds is 6. The van der Waals surface area contributed by atoms with E-state index >= 15 is 0 Å². The van der Waals surface area contributed by atoms with Crippen molar-refractivity contribution in [3.63, 3.8) is 0 Å². The maximum atomic E-state index is 12.4. The number of thiazole rings is 1. The van der Waals surface area contributed by atoms with Crippen LogP contribution in [0.15, 0.2) is 53.7 Å². The van der Waals surface area contributed by atoms with Gasteiger partial charge in [0.1, 0.15) is 5.01 Å². The zero-order valence-electron chi connectivity index (χ0n) is 14.1. The first-order valence-electron chi connectivity index (χ1n) is 7.89. The lowest BCUT2D eigenvalue weighted by Crippen LogP contribution is -2.26. The van der Waals surface area contributed by atoms with Gasteiger partial charge in [-0.15, -0.1) is 11.3 Å². The molecule has 0 aliphatic heterocycles. The molecule has 0 saturated heterocycles. The molecule has 0 aliphatic rings. The Kier molecular flexibility index (Phi) is 5.27. The molecule has 0 fully saturated rings. The molecular weight excluding hydrogens is 354 g/mol. The smallest absolute Gasteiger partial charge is 0.240 e. The molecule has 130 valence electrons. The lowest BCUT2D eigenvalue weighted by Gasteiger charge is -2.08. The summed E-state index contributed by atoms with van der Waals surface area (Å²) in [6, 6.07) is 10.8. The fourth-order valence-electron chi connectivity index (χ4n) is 2.51. The van der Waals surface area contributed by atoms with Crippen molar-refractivity contribution < 1.29 is 8.42 Å². The lowest BCUT2D eigenvalue weighted by atomic mass is 10.2. The Morgan fingerprint density at radius 1 is 1.12 bits per heavy atom. The molecule has 0 unspecified atom stereocenters. The zero-order valence-corrected chi connectivity index (χ0v) is 15.7. The van der Waals surface area contributed by atoms with Gasteiger partial charge < -0.3 is 0 Å². The molecule has 0 bridgehead atoms. The summed E-state index contributed by atoms with van der Waals surface area (Å²) < 4.78 is 27.5. The number of hydrogen-bond donors (Lipinski definition) is 1. The van der Waals surface area contributed by atoms with E-state index in [9.17, 15) is 8.42 Å². The quantitative estimate of drug-likeness (QED) is 0.719. The molecular formula is C18H19N3O2S2. The molecule has 3 rings (SSSR count). The van der Waals surface area contributed by atoms with Gasteiger partial charge in [-0.05, 0) is 44.0 Å². The van der Waals surface area contributed by atoms with Crippen LogP contribution < -0.4 is 4.72 Å². The second-order valence-corrected chi connectivity index (χ2v) is 8.50. The maximum absolute atomic E-state index is 12.4. The van der Waals surface area contributed by atoms with E-state index in [2.05, 4.69) is 14.7 Å². The van der Waals surface area contributed by atoms with Gasteiger partial charge in [0, 0.05) is 29.4 Å². The first kappa shape index (κ1) is 17.7. The fourth-order valence-corrected chi connectivity index (χ4v) is 4.84. The fraction of sp³-hybridized carbons (Fsp3) is 0.222. The Balaban J connectivity index is 1.69. The Morgan fingerprint density at radius 3 is 2.64 bits per heavy atom. The molecule has 5 nitrogen and oxygen atoms in total. The van der Waals surface area contributed by atoms with E-state index in [-0.39, 0.29) is 0 Å². The Labute approximate surface area is 151 Å². The van der Waals surface area contributed by atoms with Crippen molar-refractivity contribution in [2.24, 2.45) is 0 Å². The van der Waals surface area contributed by atoms with Crippen LogP contribution in [0.5, 0.6) is 0 Å². The third-order valence-corrected chi connectivity index (χ3v) is 6.72. The van der Waals surface area contributed by atoms with E-state index in [1.807, 2.05) is 25.1 Å². The van der Waals surface area contributed by atoms with Gasteiger partial charge in [0.15, 0.2) is 0 Å². The summed E-state index contributed by atoms with van der Waals surface area (Å²) in [5.41, 5.74) is 2.64. The molecule has 1 N–H and O–H groups in total. The van der Waals surface area contributed by atoms with Gasteiger partial charge in [0.05, 0.1) is 10.6 Å². The normalized spacial score (nSPS) is 11.6. The van der Waals surface area contributed by atoms with Crippen LogP contribution in [-0.2, 0) is 16.4 Å². The van der Waals surface area contributed by atoms with Gasteiger partial charge in [-0.1, -0.05) is 18.2 Å². The van der Waals surface area contributed by atoms with Gasteiger partial charge in [-0.3, -0.25) is 4.98 Å². The summed E-state index contributed by atoms with van der Waals surface area (Å²) in [6.07, 6.45) is 4.11. The summed E-state index contributed by atoms with van der Waals surface area (Å²) in [5.74, 6) is 0. The topological polar surface area (TPSA) is 72.0 Å². The van der Waals surface area contributed by atoms with Gasteiger partial charge in [0.2, 0.25) is 10.0 Å². The molecule has 2 heterocycles. The van der Waals surface area contributed by atoms with E-state index in [4.69, 9.17) is 0 Å². The predicted octanol–water partition coefficient (Wildman–Crippen LogP) is 3.34. The molecule has 0 aliphatic carbocycles. The van der Waals surface area contributed by atoms with E-state index in [1.165, 1.54) is 0 Å². The average Bonchev–Trinajstić information content (AvgIpc) is 2.97. The molecule has 0 radical (unpaired) electrons. The monoisotopic (exact) mass is 373 g/mol. The number of pyridine rings is 1.